The molecule has 0 aromatic heterocycles. The van der Waals surface area contributed by atoms with Gasteiger partial charge in [-0.3, -0.25) is 10.1 Å². The van der Waals surface area contributed by atoms with Crippen LogP contribution in [0.3, 0.4) is 0 Å². The lowest BCUT2D eigenvalue weighted by Crippen LogP contribution is -2.44. The van der Waals surface area contributed by atoms with Crippen LogP contribution in [0.1, 0.15) is 25.3 Å². The van der Waals surface area contributed by atoms with Crippen LogP contribution in [-0.2, 0) is 4.79 Å². The Hall–Kier alpha value is -3.06. The van der Waals surface area contributed by atoms with Gasteiger partial charge in [-0.15, -0.1) is 0 Å². The highest BCUT2D eigenvalue weighted by Gasteiger charge is 2.43. The van der Waals surface area contributed by atoms with E-state index in [0.717, 1.165) is 0 Å². The molecule has 0 saturated carbocycles. The number of hydrogen-bond donors (Lipinski definition) is 3. The van der Waals surface area contributed by atoms with E-state index in [-0.39, 0.29) is 11.3 Å². The lowest BCUT2D eigenvalue weighted by Gasteiger charge is -2.39. The SMILES string of the molecule is CC1=C(C(=O)O)C(c2cccc([N+](=O)[O-])c2)C(C2(Cl)C=CC=CN2)=C(C)N1. The van der Waals surface area contributed by atoms with Crippen LogP contribution in [0.2, 0.25) is 0 Å². The van der Waals surface area contributed by atoms with E-state index in [1.165, 1.54) is 12.1 Å². The monoisotopic (exact) mass is 387 g/mol. The Morgan fingerprint density at radius 2 is 2.04 bits per heavy atom. The minimum absolute atomic E-state index is 0.0980. The van der Waals surface area contributed by atoms with Crippen LogP contribution in [-0.4, -0.2) is 21.0 Å². The highest BCUT2D eigenvalue weighted by Crippen LogP contribution is 2.46. The summed E-state index contributed by atoms with van der Waals surface area (Å²) in [4.78, 5) is 21.6. The zero-order valence-electron chi connectivity index (χ0n) is 14.7. The van der Waals surface area contributed by atoms with E-state index < -0.39 is 21.8 Å². The number of nitro benzene ring substituents is 1. The number of allylic oxidation sites excluding steroid dienone is 4. The molecule has 0 fully saturated rings. The molecular weight excluding hydrogens is 370 g/mol. The number of rotatable bonds is 4. The number of alkyl halides is 1. The van der Waals surface area contributed by atoms with Crippen molar-refractivity contribution in [2.75, 3.05) is 0 Å². The zero-order valence-corrected chi connectivity index (χ0v) is 15.4. The maximum atomic E-state index is 12.1. The number of dihydropyridines is 2. The molecule has 2 unspecified atom stereocenters. The van der Waals surface area contributed by atoms with Gasteiger partial charge in [-0.2, -0.15) is 0 Å². The van der Waals surface area contributed by atoms with E-state index in [1.807, 2.05) is 0 Å². The second-order valence-corrected chi connectivity index (χ2v) is 6.96. The molecule has 27 heavy (non-hydrogen) atoms. The van der Waals surface area contributed by atoms with Crippen LogP contribution in [0.25, 0.3) is 0 Å². The summed E-state index contributed by atoms with van der Waals surface area (Å²) in [6.07, 6.45) is 6.93. The van der Waals surface area contributed by atoms with Crippen LogP contribution in [0.5, 0.6) is 0 Å². The molecule has 1 aromatic carbocycles. The van der Waals surface area contributed by atoms with Gasteiger partial charge in [-0.05, 0) is 37.8 Å². The van der Waals surface area contributed by atoms with Crippen molar-refractivity contribution in [3.8, 4) is 0 Å². The van der Waals surface area contributed by atoms with Crippen LogP contribution in [0.4, 0.5) is 5.69 Å². The molecule has 0 radical (unpaired) electrons. The van der Waals surface area contributed by atoms with Gasteiger partial charge < -0.3 is 15.7 Å². The highest BCUT2D eigenvalue weighted by atomic mass is 35.5. The molecule has 1 aromatic rings. The number of carboxylic acids is 1. The minimum Gasteiger partial charge on any atom is -0.478 e. The second kappa shape index (κ2) is 6.92. The van der Waals surface area contributed by atoms with Gasteiger partial charge in [0.25, 0.3) is 5.69 Å². The fraction of sp³-hybridized carbons (Fsp3) is 0.211. The van der Waals surface area contributed by atoms with Gasteiger partial charge in [-0.1, -0.05) is 29.8 Å². The third kappa shape index (κ3) is 3.33. The van der Waals surface area contributed by atoms with Gasteiger partial charge in [0, 0.05) is 35.0 Å². The summed E-state index contributed by atoms with van der Waals surface area (Å²) in [6, 6.07) is 5.98. The predicted octanol–water partition coefficient (Wildman–Crippen LogP) is 3.52. The summed E-state index contributed by atoms with van der Waals surface area (Å²) in [5.74, 6) is -1.87. The Labute approximate surface area is 160 Å². The number of aliphatic carboxylic acids is 1. The molecule has 8 heteroatoms. The standard InChI is InChI=1S/C19H18ClN3O4/c1-11-15(18(24)25)16(13-6-5-7-14(10-13)23(26)27)17(12(2)22-11)19(20)8-3-4-9-21-19/h3-10,16,21-22H,1-2H3,(H,24,25). The van der Waals surface area contributed by atoms with E-state index in [4.69, 9.17) is 11.6 Å². The molecule has 2 aliphatic rings. The summed E-state index contributed by atoms with van der Waals surface area (Å²) in [6.45, 7) is 3.47. The Balaban J connectivity index is 2.24. The number of non-ortho nitro benzene ring substituents is 1. The minimum atomic E-state index is -1.16. The molecule has 0 aliphatic carbocycles. The molecule has 0 bridgehead atoms. The fourth-order valence-corrected chi connectivity index (χ4v) is 3.93. The van der Waals surface area contributed by atoms with Crippen LogP contribution in [0, 0.1) is 10.1 Å². The molecule has 2 aliphatic heterocycles. The van der Waals surface area contributed by atoms with Gasteiger partial charge in [0.05, 0.1) is 10.5 Å². The summed E-state index contributed by atoms with van der Waals surface area (Å²) < 4.78 is 0. The average molecular weight is 388 g/mol. The first kappa shape index (κ1) is 18.7. The van der Waals surface area contributed by atoms with Crippen LogP contribution < -0.4 is 10.6 Å². The summed E-state index contributed by atoms with van der Waals surface area (Å²) in [5, 5.41) is 27.2. The Bertz CT molecular complexity index is 948. The van der Waals surface area contributed by atoms with Crippen molar-refractivity contribution >= 4 is 23.3 Å². The van der Waals surface area contributed by atoms with E-state index in [0.29, 0.717) is 22.5 Å². The summed E-state index contributed by atoms with van der Waals surface area (Å²) in [5.41, 5.74) is 2.21. The van der Waals surface area contributed by atoms with Crippen molar-refractivity contribution in [2.45, 2.75) is 24.8 Å². The smallest absolute Gasteiger partial charge is 0.334 e. The number of hydrogen-bond acceptors (Lipinski definition) is 5. The summed E-state index contributed by atoms with van der Waals surface area (Å²) in [7, 11) is 0. The van der Waals surface area contributed by atoms with Gasteiger partial charge >= 0.3 is 5.97 Å². The molecule has 7 nitrogen and oxygen atoms in total. The number of benzene rings is 1. The number of nitrogens with one attached hydrogen (secondary N) is 2. The first-order valence-corrected chi connectivity index (χ1v) is 8.60. The first-order chi connectivity index (χ1) is 12.7. The predicted molar refractivity (Wildman–Crippen MR) is 102 cm³/mol. The second-order valence-electron chi connectivity index (χ2n) is 6.37. The van der Waals surface area contributed by atoms with Crippen LogP contribution in [0.15, 0.2) is 71.2 Å². The van der Waals surface area contributed by atoms with E-state index in [1.54, 1.807) is 50.4 Å². The third-order valence-corrected chi connectivity index (χ3v) is 5.06. The molecule has 3 rings (SSSR count). The number of nitrogens with zero attached hydrogens (tertiary/aromatic N) is 1. The first-order valence-electron chi connectivity index (χ1n) is 8.22. The molecule has 2 atom stereocenters. The van der Waals surface area contributed by atoms with Crippen molar-refractivity contribution in [3.63, 3.8) is 0 Å². The van der Waals surface area contributed by atoms with Crippen molar-refractivity contribution in [2.24, 2.45) is 0 Å². The number of nitro groups is 1. The van der Waals surface area contributed by atoms with Gasteiger partial charge in [0.1, 0.15) is 0 Å². The molecule has 0 spiro atoms. The molecule has 0 saturated heterocycles. The van der Waals surface area contributed by atoms with Crippen molar-refractivity contribution in [1.29, 1.82) is 0 Å². The quantitative estimate of drug-likeness (QED) is 0.316. The molecule has 0 amide bonds. The van der Waals surface area contributed by atoms with Crippen molar-refractivity contribution in [1.82, 2.24) is 10.6 Å². The summed E-state index contributed by atoms with van der Waals surface area (Å²) >= 11 is 6.82. The normalized spacial score (nSPS) is 24.5. The number of halogens is 1. The lowest BCUT2D eigenvalue weighted by molar-refractivity contribution is -0.384. The van der Waals surface area contributed by atoms with Gasteiger partial charge in [0.15, 0.2) is 5.00 Å². The topological polar surface area (TPSA) is 104 Å². The Kier molecular flexibility index (Phi) is 4.80. The molecule has 2 heterocycles. The number of carboxylic acid groups (broad SMARTS) is 1. The Morgan fingerprint density at radius 3 is 2.63 bits per heavy atom. The zero-order chi connectivity index (χ0) is 19.8. The van der Waals surface area contributed by atoms with E-state index in [2.05, 4.69) is 10.6 Å². The molecule has 3 N–H and O–H groups in total. The maximum absolute atomic E-state index is 12.1. The van der Waals surface area contributed by atoms with Gasteiger partial charge in [-0.25, -0.2) is 4.79 Å². The van der Waals surface area contributed by atoms with E-state index in [9.17, 15) is 20.0 Å². The molecular formula is C19H18ClN3O4. The van der Waals surface area contributed by atoms with Crippen LogP contribution >= 0.6 is 11.6 Å². The number of carbonyl (C=O) groups is 1. The van der Waals surface area contributed by atoms with Crippen molar-refractivity contribution < 1.29 is 14.8 Å². The largest absolute Gasteiger partial charge is 0.478 e. The maximum Gasteiger partial charge on any atom is 0.334 e. The van der Waals surface area contributed by atoms with Gasteiger partial charge in [0.2, 0.25) is 0 Å². The van der Waals surface area contributed by atoms with E-state index >= 15 is 0 Å². The fourth-order valence-electron chi connectivity index (χ4n) is 3.54. The lowest BCUT2D eigenvalue weighted by atomic mass is 9.76. The highest BCUT2D eigenvalue weighted by molar-refractivity contribution is 6.27. The average Bonchev–Trinajstić information content (AvgIpc) is 2.61. The van der Waals surface area contributed by atoms with Crippen molar-refractivity contribution in [3.05, 3.63) is 86.9 Å². The third-order valence-electron chi connectivity index (χ3n) is 4.62. The Morgan fingerprint density at radius 1 is 1.30 bits per heavy atom. The molecule has 140 valence electrons.